The van der Waals surface area contributed by atoms with Gasteiger partial charge in [-0.05, 0) is 0 Å². The predicted octanol–water partition coefficient (Wildman–Crippen LogP) is -2.82. The molecule has 0 heterocycles. The second-order valence-corrected chi connectivity index (χ2v) is 0. The van der Waals surface area contributed by atoms with Crippen molar-refractivity contribution in [2.75, 3.05) is 0 Å². The molecule has 0 bridgehead atoms. The second-order valence-electron chi connectivity index (χ2n) is 0. The molecule has 0 saturated carbocycles. The summed E-state index contributed by atoms with van der Waals surface area (Å²) in [7, 11) is 0. The van der Waals surface area contributed by atoms with E-state index in [1.54, 1.807) is 0 Å². The van der Waals surface area contributed by atoms with Crippen LogP contribution in [0.15, 0.2) is 0 Å². The van der Waals surface area contributed by atoms with E-state index in [1.807, 2.05) is 0 Å². The Kier molecular flexibility index (Phi) is 4770. The van der Waals surface area contributed by atoms with E-state index in [0.29, 0.717) is 0 Å². The Morgan fingerprint density at radius 3 is 0.667 bits per heavy atom. The van der Waals surface area contributed by atoms with E-state index in [9.17, 15) is 0 Å². The molecule has 6 heavy (non-hydrogen) atoms. The smallest absolute Gasteiger partial charge is 1.00 e. The van der Waals surface area contributed by atoms with Gasteiger partial charge in [0.2, 0.25) is 0 Å². The molecule has 44 valence electrons. The SMILES string of the molecule is C.O.O.O.O.[Ca+2].[H-].[H-]. The van der Waals surface area contributed by atoms with Crippen LogP contribution in [0.3, 0.4) is 0 Å². The van der Waals surface area contributed by atoms with E-state index in [1.165, 1.54) is 0 Å². The summed E-state index contributed by atoms with van der Waals surface area (Å²) in [5, 5.41) is 0. The van der Waals surface area contributed by atoms with Gasteiger partial charge in [0, 0.05) is 0 Å². The first-order chi connectivity index (χ1) is 0. The van der Waals surface area contributed by atoms with Crippen LogP contribution < -0.4 is 0 Å². The molecule has 0 aromatic heterocycles. The van der Waals surface area contributed by atoms with Gasteiger partial charge in [0.25, 0.3) is 0 Å². The average Bonchev–Trinajstić information content (AvgIpc) is 0. The van der Waals surface area contributed by atoms with Crippen LogP contribution in [-0.2, 0) is 0 Å². The molecule has 0 atom stereocenters. The van der Waals surface area contributed by atoms with E-state index < -0.39 is 0 Å². The average molecular weight is 130 g/mol. The van der Waals surface area contributed by atoms with Crippen molar-refractivity contribution >= 4 is 37.7 Å². The Balaban J connectivity index is 0. The topological polar surface area (TPSA) is 126 Å². The number of hydrogen-bond acceptors (Lipinski definition) is 0. The van der Waals surface area contributed by atoms with E-state index >= 15 is 0 Å². The van der Waals surface area contributed by atoms with Crippen molar-refractivity contribution in [1.29, 1.82) is 0 Å². The maximum absolute atomic E-state index is 0. The van der Waals surface area contributed by atoms with Gasteiger partial charge in [-0.15, -0.1) is 0 Å². The number of rotatable bonds is 0. The normalized spacial score (nSPS) is 0. The van der Waals surface area contributed by atoms with Crippen molar-refractivity contribution in [2.45, 2.75) is 7.43 Å². The summed E-state index contributed by atoms with van der Waals surface area (Å²) in [4.78, 5) is 0. The molecule has 0 radical (unpaired) electrons. The Morgan fingerprint density at radius 1 is 0.667 bits per heavy atom. The fourth-order valence-electron chi connectivity index (χ4n) is 0. The first kappa shape index (κ1) is 218. The summed E-state index contributed by atoms with van der Waals surface area (Å²) >= 11 is 0. The molecule has 4 nitrogen and oxygen atoms in total. The van der Waals surface area contributed by atoms with Gasteiger partial charge >= 0.3 is 37.7 Å². The van der Waals surface area contributed by atoms with Gasteiger partial charge in [0.1, 0.15) is 0 Å². The van der Waals surface area contributed by atoms with Gasteiger partial charge in [-0.1, -0.05) is 7.43 Å². The molecule has 0 aliphatic rings. The molecule has 0 amide bonds. The summed E-state index contributed by atoms with van der Waals surface area (Å²) in [6.07, 6.45) is 0. The van der Waals surface area contributed by atoms with Gasteiger partial charge in [-0.3, -0.25) is 0 Å². The Morgan fingerprint density at radius 2 is 0.667 bits per heavy atom. The minimum Gasteiger partial charge on any atom is -1.00 e. The van der Waals surface area contributed by atoms with Gasteiger partial charge in [0.15, 0.2) is 0 Å². The zero-order chi connectivity index (χ0) is 0. The van der Waals surface area contributed by atoms with Crippen molar-refractivity contribution in [2.24, 2.45) is 0 Å². The monoisotopic (exact) mass is 130 g/mol. The molecule has 8 N–H and O–H groups in total. The molecular formula is CH14CaO4. The predicted molar refractivity (Wildman–Crippen MR) is 29.2 cm³/mol. The van der Waals surface area contributed by atoms with Crippen LogP contribution in [0.1, 0.15) is 10.3 Å². The van der Waals surface area contributed by atoms with Crippen LogP contribution in [-0.4, -0.2) is 59.6 Å². The first-order valence-corrected chi connectivity index (χ1v) is 0. The number of hydrogen-bond donors (Lipinski definition) is 0. The van der Waals surface area contributed by atoms with Crippen LogP contribution >= 0.6 is 0 Å². The minimum absolute atomic E-state index is 0. The Labute approximate surface area is 69.7 Å². The molecule has 5 heteroatoms. The maximum Gasteiger partial charge on any atom is 2.00 e. The zero-order valence-corrected chi connectivity index (χ0v) is 4.92. The molecule has 0 fully saturated rings. The van der Waals surface area contributed by atoms with E-state index in [0.717, 1.165) is 0 Å². The first-order valence-electron chi connectivity index (χ1n) is 0. The summed E-state index contributed by atoms with van der Waals surface area (Å²) in [6.45, 7) is 0. The van der Waals surface area contributed by atoms with Crippen molar-refractivity contribution in [1.82, 2.24) is 0 Å². The van der Waals surface area contributed by atoms with Crippen molar-refractivity contribution in [3.05, 3.63) is 0 Å². The van der Waals surface area contributed by atoms with Gasteiger partial charge in [-0.25, -0.2) is 0 Å². The third-order valence-electron chi connectivity index (χ3n) is 0. The summed E-state index contributed by atoms with van der Waals surface area (Å²) in [5.74, 6) is 0. The van der Waals surface area contributed by atoms with E-state index in [2.05, 4.69) is 0 Å². The van der Waals surface area contributed by atoms with Gasteiger partial charge in [-0.2, -0.15) is 0 Å². The fourth-order valence-corrected chi connectivity index (χ4v) is 0. The molecule has 0 aromatic carbocycles. The molecule has 0 unspecified atom stereocenters. The quantitative estimate of drug-likeness (QED) is 0.314. The summed E-state index contributed by atoms with van der Waals surface area (Å²) in [6, 6.07) is 0. The van der Waals surface area contributed by atoms with Crippen LogP contribution in [0.25, 0.3) is 0 Å². The molecule has 0 spiro atoms. The largest absolute Gasteiger partial charge is 2.00 e. The van der Waals surface area contributed by atoms with Crippen LogP contribution in [0, 0.1) is 0 Å². The van der Waals surface area contributed by atoms with Gasteiger partial charge in [0.05, 0.1) is 0 Å². The van der Waals surface area contributed by atoms with Crippen molar-refractivity contribution < 1.29 is 24.8 Å². The standard InChI is InChI=1S/CH4.Ca.4H2O.2H/h1H4;;4*1H2;;/q;+2;;;;;2*-1. The summed E-state index contributed by atoms with van der Waals surface area (Å²) < 4.78 is 0. The fraction of sp³-hybridized carbons (Fsp3) is 1.00. The van der Waals surface area contributed by atoms with Crippen LogP contribution in [0.5, 0.6) is 0 Å². The Hall–Kier alpha value is 1.10. The third-order valence-corrected chi connectivity index (χ3v) is 0. The Bertz CT molecular complexity index is 14.0. The van der Waals surface area contributed by atoms with E-state index in [-0.39, 0.29) is 69.9 Å². The molecule has 0 rings (SSSR count). The van der Waals surface area contributed by atoms with Crippen molar-refractivity contribution in [3.63, 3.8) is 0 Å². The minimum atomic E-state index is 0. The second kappa shape index (κ2) is 131. The van der Waals surface area contributed by atoms with Crippen molar-refractivity contribution in [3.8, 4) is 0 Å². The molecule has 0 aliphatic carbocycles. The molecule has 0 aromatic rings. The summed E-state index contributed by atoms with van der Waals surface area (Å²) in [5.41, 5.74) is 0. The molecule has 0 aliphatic heterocycles. The van der Waals surface area contributed by atoms with Gasteiger partial charge < -0.3 is 24.8 Å². The third kappa shape index (κ3) is 70.9. The molecular weight excluding hydrogens is 116 g/mol. The zero-order valence-electron chi connectivity index (χ0n) is 4.71. The van der Waals surface area contributed by atoms with Crippen LogP contribution in [0.2, 0.25) is 0 Å². The van der Waals surface area contributed by atoms with E-state index in [4.69, 9.17) is 0 Å². The van der Waals surface area contributed by atoms with Crippen LogP contribution in [0.4, 0.5) is 0 Å². The molecule has 0 saturated heterocycles. The maximum atomic E-state index is 0.